The Morgan fingerprint density at radius 2 is 2.03 bits per heavy atom. The number of hydrogen-bond donors (Lipinski definition) is 4. The van der Waals surface area contributed by atoms with E-state index in [0.29, 0.717) is 17.3 Å². The van der Waals surface area contributed by atoms with Gasteiger partial charge in [-0.2, -0.15) is 5.10 Å². The largest absolute Gasteiger partial charge is 0.365 e. The molecule has 1 fully saturated rings. The number of primary amides is 1. The van der Waals surface area contributed by atoms with Gasteiger partial charge in [0.05, 0.1) is 22.8 Å². The number of aryl methyl sites for hydroxylation is 1. The maximum atomic E-state index is 14.8. The van der Waals surface area contributed by atoms with Gasteiger partial charge in [-0.15, -0.1) is 0 Å². The molecule has 0 aliphatic heterocycles. The molecule has 1 amide bonds. The van der Waals surface area contributed by atoms with Gasteiger partial charge in [0.25, 0.3) is 5.91 Å². The molecule has 6 N–H and O–H groups in total. The molecule has 0 bridgehead atoms. The number of nitrogens with two attached hydrogens (primary N) is 2. The number of fused-ring (bicyclic) bond motifs is 1. The summed E-state index contributed by atoms with van der Waals surface area (Å²) in [4.78, 5) is 22.7. The molecule has 0 unspecified atom stereocenters. The van der Waals surface area contributed by atoms with Gasteiger partial charge in [0.2, 0.25) is 0 Å². The number of aromatic nitrogens is 4. The molecule has 2 atom stereocenters. The highest BCUT2D eigenvalue weighted by Crippen LogP contribution is 2.36. The molecule has 10 nitrogen and oxygen atoms in total. The van der Waals surface area contributed by atoms with Crippen LogP contribution in [-0.2, 0) is 7.05 Å². The zero-order valence-corrected chi connectivity index (χ0v) is 18.6. The Hall–Kier alpha value is -3.47. The van der Waals surface area contributed by atoms with Gasteiger partial charge in [0.1, 0.15) is 5.82 Å². The van der Waals surface area contributed by atoms with Gasteiger partial charge >= 0.3 is 0 Å². The summed E-state index contributed by atoms with van der Waals surface area (Å²) >= 11 is 0. The molecule has 11 heteroatoms. The number of anilines is 4. The highest BCUT2D eigenvalue weighted by molar-refractivity contribution is 5.99. The highest BCUT2D eigenvalue weighted by Gasteiger charge is 2.34. The topological polar surface area (TPSA) is 140 Å². The van der Waals surface area contributed by atoms with E-state index >= 15 is 0 Å². The van der Waals surface area contributed by atoms with Gasteiger partial charge in [0, 0.05) is 33.2 Å². The predicted octanol–water partition coefficient (Wildman–Crippen LogP) is 1.95. The van der Waals surface area contributed by atoms with Crippen LogP contribution in [0.15, 0.2) is 18.3 Å². The molecule has 0 spiro atoms. The molecule has 1 saturated carbocycles. The van der Waals surface area contributed by atoms with E-state index in [9.17, 15) is 9.18 Å². The number of halogens is 1. The summed E-state index contributed by atoms with van der Waals surface area (Å²) in [5.74, 6) is -0.169. The molecule has 1 aliphatic carbocycles. The van der Waals surface area contributed by atoms with Gasteiger partial charge in [-0.3, -0.25) is 4.79 Å². The van der Waals surface area contributed by atoms with Crippen molar-refractivity contribution in [1.29, 1.82) is 0 Å². The second kappa shape index (κ2) is 8.23. The van der Waals surface area contributed by atoms with E-state index < -0.39 is 11.7 Å². The molecular formula is C21H28FN9O. The van der Waals surface area contributed by atoms with Crippen LogP contribution < -0.4 is 27.0 Å². The Morgan fingerprint density at radius 1 is 1.31 bits per heavy atom. The third-order valence-electron chi connectivity index (χ3n) is 5.59. The van der Waals surface area contributed by atoms with Crippen LogP contribution in [0.4, 0.5) is 27.5 Å². The lowest BCUT2D eigenvalue weighted by molar-refractivity contribution is 0.100. The Morgan fingerprint density at radius 3 is 2.62 bits per heavy atom. The molecular weight excluding hydrogens is 413 g/mol. The summed E-state index contributed by atoms with van der Waals surface area (Å²) in [7, 11) is 5.59. The van der Waals surface area contributed by atoms with Crippen molar-refractivity contribution in [3.63, 3.8) is 0 Å². The molecule has 3 heterocycles. The number of pyridine rings is 2. The van der Waals surface area contributed by atoms with Crippen LogP contribution in [0.2, 0.25) is 0 Å². The third-order valence-corrected chi connectivity index (χ3v) is 5.59. The number of carbonyl (C=O) groups excluding carboxylic acids is 1. The average molecular weight is 442 g/mol. The van der Waals surface area contributed by atoms with E-state index in [1.165, 1.54) is 0 Å². The van der Waals surface area contributed by atoms with E-state index in [2.05, 4.69) is 25.7 Å². The molecule has 3 aromatic heterocycles. The monoisotopic (exact) mass is 441 g/mol. The summed E-state index contributed by atoms with van der Waals surface area (Å²) < 4.78 is 16.4. The van der Waals surface area contributed by atoms with Crippen molar-refractivity contribution in [2.45, 2.75) is 31.8 Å². The first kappa shape index (κ1) is 21.8. The number of rotatable bonds is 8. The minimum absolute atomic E-state index is 0.0242. The zero-order chi connectivity index (χ0) is 23.2. The quantitative estimate of drug-likeness (QED) is 0.416. The summed E-state index contributed by atoms with van der Waals surface area (Å²) in [5, 5.41) is 11.5. The van der Waals surface area contributed by atoms with Gasteiger partial charge in [-0.1, -0.05) is 0 Å². The van der Waals surface area contributed by atoms with Crippen LogP contribution in [0.5, 0.6) is 0 Å². The first-order valence-electron chi connectivity index (χ1n) is 10.4. The highest BCUT2D eigenvalue weighted by atomic mass is 19.1. The lowest BCUT2D eigenvalue weighted by Gasteiger charge is -2.23. The van der Waals surface area contributed by atoms with Crippen molar-refractivity contribution in [2.24, 2.45) is 24.4 Å². The van der Waals surface area contributed by atoms with Crippen molar-refractivity contribution >= 4 is 40.1 Å². The number of carbonyl (C=O) groups is 1. The van der Waals surface area contributed by atoms with Crippen LogP contribution in [-0.4, -0.2) is 51.8 Å². The number of amides is 1. The predicted molar refractivity (Wildman–Crippen MR) is 123 cm³/mol. The fraction of sp³-hybridized carbons (Fsp3) is 0.429. The lowest BCUT2D eigenvalue weighted by atomic mass is 10.1. The molecule has 1 aliphatic rings. The average Bonchev–Trinajstić information content (AvgIpc) is 3.50. The van der Waals surface area contributed by atoms with Crippen molar-refractivity contribution in [3.8, 4) is 0 Å². The van der Waals surface area contributed by atoms with Crippen LogP contribution >= 0.6 is 0 Å². The second-order valence-corrected chi connectivity index (χ2v) is 8.51. The maximum Gasteiger partial charge on any atom is 0.252 e. The normalized spacial score (nSPS) is 15.4. The minimum Gasteiger partial charge on any atom is -0.365 e. The second-order valence-electron chi connectivity index (χ2n) is 8.51. The summed E-state index contributed by atoms with van der Waals surface area (Å²) in [6, 6.07) is 2.65. The van der Waals surface area contributed by atoms with Crippen LogP contribution in [0.1, 0.15) is 30.1 Å². The minimum atomic E-state index is -0.791. The summed E-state index contributed by atoms with van der Waals surface area (Å²) in [6.07, 6.45) is 3.67. The van der Waals surface area contributed by atoms with Crippen molar-refractivity contribution in [2.75, 3.05) is 29.6 Å². The lowest BCUT2D eigenvalue weighted by Crippen LogP contribution is -2.40. The number of nitrogens with zero attached hydrogens (tertiary/aromatic N) is 5. The Balaban J connectivity index is 1.72. The maximum absolute atomic E-state index is 14.8. The van der Waals surface area contributed by atoms with Gasteiger partial charge in [0.15, 0.2) is 23.1 Å². The molecule has 0 aromatic carbocycles. The zero-order valence-electron chi connectivity index (χ0n) is 18.6. The van der Waals surface area contributed by atoms with Crippen LogP contribution in [0.25, 0.3) is 11.0 Å². The van der Waals surface area contributed by atoms with E-state index in [0.717, 1.165) is 30.1 Å². The molecule has 3 aromatic rings. The SMILES string of the molecule is C[C@H](N)[C@H](Nc1nc(Nc2cnc3c(c2)c(N(C)C)nn3C)c(C(N)=O)cc1F)C1CC1. The number of hydrogen-bond acceptors (Lipinski definition) is 8. The smallest absolute Gasteiger partial charge is 0.252 e. The van der Waals surface area contributed by atoms with Gasteiger partial charge < -0.3 is 27.0 Å². The number of nitrogens with one attached hydrogen (secondary N) is 2. The van der Waals surface area contributed by atoms with Crippen molar-refractivity contribution in [1.82, 2.24) is 19.7 Å². The molecule has 170 valence electrons. The Kier molecular flexibility index (Phi) is 5.59. The van der Waals surface area contributed by atoms with Crippen LogP contribution in [0, 0.1) is 11.7 Å². The van der Waals surface area contributed by atoms with E-state index in [-0.39, 0.29) is 29.3 Å². The standard InChI is InChI=1S/C21H28FN9O/c1-10(23)16(11-5-6-11)27-19-15(22)8-13(17(24)32)18(28-19)26-12-7-14-20(25-9-12)31(4)29-21(14)30(2)3/h7-11,16H,5-6,23H2,1-4H3,(H2,24,32)(H2,26,27,28)/t10-,16-/m0/s1. The van der Waals surface area contributed by atoms with E-state index in [1.54, 1.807) is 10.9 Å². The van der Waals surface area contributed by atoms with Crippen molar-refractivity contribution < 1.29 is 9.18 Å². The van der Waals surface area contributed by atoms with Gasteiger partial charge in [-0.25, -0.2) is 19.0 Å². The fourth-order valence-corrected chi connectivity index (χ4v) is 3.82. The van der Waals surface area contributed by atoms with E-state index in [4.69, 9.17) is 11.5 Å². The third kappa shape index (κ3) is 4.15. The summed E-state index contributed by atoms with van der Waals surface area (Å²) in [5.41, 5.74) is 12.8. The molecule has 32 heavy (non-hydrogen) atoms. The Labute approximate surface area is 185 Å². The van der Waals surface area contributed by atoms with Gasteiger partial charge in [-0.05, 0) is 37.8 Å². The van der Waals surface area contributed by atoms with Crippen molar-refractivity contribution in [3.05, 3.63) is 29.7 Å². The fourth-order valence-electron chi connectivity index (χ4n) is 3.82. The first-order valence-corrected chi connectivity index (χ1v) is 10.4. The molecule has 0 saturated heterocycles. The summed E-state index contributed by atoms with van der Waals surface area (Å²) in [6.45, 7) is 1.88. The molecule has 4 rings (SSSR count). The Bertz CT molecular complexity index is 1170. The van der Waals surface area contributed by atoms with Crippen LogP contribution in [0.3, 0.4) is 0 Å². The molecule has 0 radical (unpaired) electrons. The van der Waals surface area contributed by atoms with E-state index in [1.807, 2.05) is 39.0 Å². The first-order chi connectivity index (χ1) is 15.2.